The SMILES string of the molecule is Cc1cc(Cl)ccc1NC(=O)[C@H]1CCCN1. The molecule has 1 aromatic rings. The van der Waals surface area contributed by atoms with Gasteiger partial charge in [0.15, 0.2) is 0 Å². The molecule has 0 saturated carbocycles. The maximum Gasteiger partial charge on any atom is 0.241 e. The summed E-state index contributed by atoms with van der Waals surface area (Å²) in [4.78, 5) is 11.8. The minimum Gasteiger partial charge on any atom is -0.324 e. The molecule has 2 rings (SSSR count). The molecule has 0 unspecified atom stereocenters. The number of hydrogen-bond acceptors (Lipinski definition) is 2. The number of carbonyl (C=O) groups is 1. The van der Waals surface area contributed by atoms with Crippen LogP contribution in [0.15, 0.2) is 18.2 Å². The summed E-state index contributed by atoms with van der Waals surface area (Å²) < 4.78 is 0. The van der Waals surface area contributed by atoms with Crippen molar-refractivity contribution < 1.29 is 4.79 Å². The number of benzene rings is 1. The highest BCUT2D eigenvalue weighted by Gasteiger charge is 2.22. The van der Waals surface area contributed by atoms with Gasteiger partial charge in [-0.05, 0) is 50.1 Å². The molecule has 1 amide bonds. The summed E-state index contributed by atoms with van der Waals surface area (Å²) >= 11 is 5.86. The Hall–Kier alpha value is -1.06. The lowest BCUT2D eigenvalue weighted by molar-refractivity contribution is -0.117. The van der Waals surface area contributed by atoms with Crippen LogP contribution in [0.1, 0.15) is 18.4 Å². The summed E-state index contributed by atoms with van der Waals surface area (Å²) in [6.45, 7) is 2.86. The van der Waals surface area contributed by atoms with Crippen LogP contribution in [0.25, 0.3) is 0 Å². The van der Waals surface area contributed by atoms with Crippen molar-refractivity contribution in [2.45, 2.75) is 25.8 Å². The summed E-state index contributed by atoms with van der Waals surface area (Å²) in [5.41, 5.74) is 1.82. The van der Waals surface area contributed by atoms with Crippen molar-refractivity contribution in [3.8, 4) is 0 Å². The molecule has 0 aromatic heterocycles. The Morgan fingerprint density at radius 1 is 1.56 bits per heavy atom. The quantitative estimate of drug-likeness (QED) is 0.831. The summed E-state index contributed by atoms with van der Waals surface area (Å²) in [5.74, 6) is 0.0444. The molecule has 1 aliphatic rings. The molecular weight excluding hydrogens is 224 g/mol. The molecule has 86 valence electrons. The highest BCUT2D eigenvalue weighted by molar-refractivity contribution is 6.30. The predicted molar refractivity (Wildman–Crippen MR) is 65.8 cm³/mol. The van der Waals surface area contributed by atoms with Crippen LogP contribution in [-0.4, -0.2) is 18.5 Å². The van der Waals surface area contributed by atoms with Gasteiger partial charge in [-0.25, -0.2) is 0 Å². The van der Waals surface area contributed by atoms with Gasteiger partial charge in [0.2, 0.25) is 5.91 Å². The second kappa shape index (κ2) is 4.85. The van der Waals surface area contributed by atoms with Gasteiger partial charge in [-0.1, -0.05) is 11.6 Å². The fourth-order valence-corrected chi connectivity index (χ4v) is 2.12. The molecule has 1 atom stereocenters. The van der Waals surface area contributed by atoms with Crippen LogP contribution in [0, 0.1) is 6.92 Å². The summed E-state index contributed by atoms with van der Waals surface area (Å²) in [6, 6.07) is 5.42. The number of anilines is 1. The molecule has 1 aromatic carbocycles. The molecule has 0 spiro atoms. The van der Waals surface area contributed by atoms with Crippen molar-refractivity contribution >= 4 is 23.2 Å². The molecule has 4 heteroatoms. The van der Waals surface area contributed by atoms with E-state index in [0.717, 1.165) is 30.6 Å². The van der Waals surface area contributed by atoms with Gasteiger partial charge in [0.1, 0.15) is 0 Å². The maximum atomic E-state index is 11.8. The first-order valence-corrected chi connectivity index (χ1v) is 5.85. The van der Waals surface area contributed by atoms with Crippen LogP contribution < -0.4 is 10.6 Å². The van der Waals surface area contributed by atoms with Crippen molar-refractivity contribution in [1.29, 1.82) is 0 Å². The van der Waals surface area contributed by atoms with Gasteiger partial charge in [-0.3, -0.25) is 4.79 Å². The Morgan fingerprint density at radius 3 is 3.00 bits per heavy atom. The number of nitrogens with one attached hydrogen (secondary N) is 2. The largest absolute Gasteiger partial charge is 0.324 e. The van der Waals surface area contributed by atoms with Crippen LogP contribution in [0.4, 0.5) is 5.69 Å². The third-order valence-electron chi connectivity index (χ3n) is 2.82. The van der Waals surface area contributed by atoms with E-state index >= 15 is 0 Å². The first kappa shape index (κ1) is 11.4. The Balaban J connectivity index is 2.05. The van der Waals surface area contributed by atoms with Crippen molar-refractivity contribution in [2.75, 3.05) is 11.9 Å². The topological polar surface area (TPSA) is 41.1 Å². The van der Waals surface area contributed by atoms with Gasteiger partial charge in [0.05, 0.1) is 6.04 Å². The van der Waals surface area contributed by atoms with Crippen LogP contribution in [0.3, 0.4) is 0 Å². The fourth-order valence-electron chi connectivity index (χ4n) is 1.90. The minimum absolute atomic E-state index is 0.0444. The number of halogens is 1. The Kier molecular flexibility index (Phi) is 3.46. The van der Waals surface area contributed by atoms with Gasteiger partial charge >= 0.3 is 0 Å². The van der Waals surface area contributed by atoms with E-state index in [1.807, 2.05) is 19.1 Å². The predicted octanol–water partition coefficient (Wildman–Crippen LogP) is 2.34. The second-order valence-electron chi connectivity index (χ2n) is 4.10. The zero-order chi connectivity index (χ0) is 11.5. The van der Waals surface area contributed by atoms with Gasteiger partial charge in [0.25, 0.3) is 0 Å². The molecular formula is C12H15ClN2O. The smallest absolute Gasteiger partial charge is 0.241 e. The molecule has 1 aliphatic heterocycles. The van der Waals surface area contributed by atoms with Crippen molar-refractivity contribution in [1.82, 2.24) is 5.32 Å². The van der Waals surface area contributed by atoms with Gasteiger partial charge in [-0.15, -0.1) is 0 Å². The molecule has 0 aliphatic carbocycles. The van der Waals surface area contributed by atoms with Crippen molar-refractivity contribution in [3.05, 3.63) is 28.8 Å². The average molecular weight is 239 g/mol. The second-order valence-corrected chi connectivity index (χ2v) is 4.53. The van der Waals surface area contributed by atoms with Crippen molar-refractivity contribution in [3.63, 3.8) is 0 Å². The normalized spacial score (nSPS) is 19.8. The lowest BCUT2D eigenvalue weighted by Gasteiger charge is -2.12. The first-order chi connectivity index (χ1) is 7.66. The Labute approximate surface area is 100 Å². The molecule has 1 heterocycles. The molecule has 3 nitrogen and oxygen atoms in total. The third-order valence-corrected chi connectivity index (χ3v) is 3.06. The lowest BCUT2D eigenvalue weighted by Crippen LogP contribution is -2.35. The van der Waals surface area contributed by atoms with Crippen molar-refractivity contribution in [2.24, 2.45) is 0 Å². The molecule has 2 N–H and O–H groups in total. The number of rotatable bonds is 2. The van der Waals surface area contributed by atoms with Crippen LogP contribution >= 0.6 is 11.6 Å². The van der Waals surface area contributed by atoms with Gasteiger partial charge < -0.3 is 10.6 Å². The monoisotopic (exact) mass is 238 g/mol. The molecule has 16 heavy (non-hydrogen) atoms. The van der Waals surface area contributed by atoms with E-state index in [4.69, 9.17) is 11.6 Å². The Bertz CT molecular complexity index is 400. The van der Waals surface area contributed by atoms with Gasteiger partial charge in [0, 0.05) is 10.7 Å². The minimum atomic E-state index is -0.0462. The summed E-state index contributed by atoms with van der Waals surface area (Å²) in [5, 5.41) is 6.78. The molecule has 1 saturated heterocycles. The standard InChI is InChI=1S/C12H15ClN2O/c1-8-7-9(13)4-5-10(8)15-12(16)11-3-2-6-14-11/h4-5,7,11,14H,2-3,6H2,1H3,(H,15,16)/t11-/m1/s1. The van der Waals surface area contributed by atoms with E-state index in [1.54, 1.807) is 6.07 Å². The highest BCUT2D eigenvalue weighted by Crippen LogP contribution is 2.20. The van der Waals surface area contributed by atoms with Crippen LogP contribution in [0.2, 0.25) is 5.02 Å². The Morgan fingerprint density at radius 2 is 2.38 bits per heavy atom. The summed E-state index contributed by atoms with van der Waals surface area (Å²) in [7, 11) is 0. The number of aryl methyl sites for hydroxylation is 1. The van der Waals surface area contributed by atoms with E-state index in [1.165, 1.54) is 0 Å². The van der Waals surface area contributed by atoms with Crippen LogP contribution in [-0.2, 0) is 4.79 Å². The van der Waals surface area contributed by atoms with E-state index in [-0.39, 0.29) is 11.9 Å². The number of amides is 1. The molecule has 1 fully saturated rings. The van der Waals surface area contributed by atoms with E-state index in [0.29, 0.717) is 5.02 Å². The van der Waals surface area contributed by atoms with Crippen LogP contribution in [0.5, 0.6) is 0 Å². The number of hydrogen-bond donors (Lipinski definition) is 2. The third kappa shape index (κ3) is 2.54. The zero-order valence-corrected chi connectivity index (χ0v) is 9.97. The van der Waals surface area contributed by atoms with E-state index in [9.17, 15) is 4.79 Å². The maximum absolute atomic E-state index is 11.8. The van der Waals surface area contributed by atoms with E-state index in [2.05, 4.69) is 10.6 Å². The molecule has 0 bridgehead atoms. The van der Waals surface area contributed by atoms with Gasteiger partial charge in [-0.2, -0.15) is 0 Å². The average Bonchev–Trinajstić information content (AvgIpc) is 2.75. The lowest BCUT2D eigenvalue weighted by atomic mass is 10.1. The molecule has 0 radical (unpaired) electrons. The fraction of sp³-hybridized carbons (Fsp3) is 0.417. The summed E-state index contributed by atoms with van der Waals surface area (Å²) in [6.07, 6.45) is 1.98. The number of carbonyl (C=O) groups excluding carboxylic acids is 1. The zero-order valence-electron chi connectivity index (χ0n) is 9.22. The first-order valence-electron chi connectivity index (χ1n) is 5.47. The van der Waals surface area contributed by atoms with E-state index < -0.39 is 0 Å². The highest BCUT2D eigenvalue weighted by atomic mass is 35.5.